The van der Waals surface area contributed by atoms with Crippen molar-refractivity contribution in [3.8, 4) is 0 Å². The molecule has 0 spiro atoms. The van der Waals surface area contributed by atoms with E-state index in [0.717, 1.165) is 25.3 Å². The molecule has 0 aliphatic heterocycles. The minimum absolute atomic E-state index is 0.120. The van der Waals surface area contributed by atoms with Crippen LogP contribution in [0.4, 0.5) is 0 Å². The van der Waals surface area contributed by atoms with Crippen molar-refractivity contribution >= 4 is 0 Å². The van der Waals surface area contributed by atoms with Gasteiger partial charge in [0.05, 0.1) is 6.10 Å². The summed E-state index contributed by atoms with van der Waals surface area (Å²) in [6.07, 6.45) is 7.17. The van der Waals surface area contributed by atoms with Crippen LogP contribution in [0, 0.1) is 5.92 Å². The molecular formula is C15H30N2O. The Bertz CT molecular complexity index is 276. The zero-order chi connectivity index (χ0) is 13.3. The van der Waals surface area contributed by atoms with Gasteiger partial charge in [0.2, 0.25) is 0 Å². The molecule has 106 valence electrons. The molecular weight excluding hydrogens is 224 g/mol. The van der Waals surface area contributed by atoms with Crippen LogP contribution < -0.4 is 0 Å². The molecule has 0 saturated heterocycles. The van der Waals surface area contributed by atoms with Gasteiger partial charge in [0, 0.05) is 18.1 Å². The van der Waals surface area contributed by atoms with Crippen LogP contribution in [0.3, 0.4) is 0 Å². The maximum Gasteiger partial charge on any atom is 0.0695 e. The lowest BCUT2D eigenvalue weighted by Gasteiger charge is -2.51. The fourth-order valence-corrected chi connectivity index (χ4v) is 3.72. The van der Waals surface area contributed by atoms with Gasteiger partial charge in [-0.05, 0) is 65.6 Å². The third-order valence-corrected chi connectivity index (χ3v) is 5.39. The molecule has 0 aromatic rings. The van der Waals surface area contributed by atoms with E-state index in [2.05, 4.69) is 37.9 Å². The molecule has 3 atom stereocenters. The quantitative estimate of drug-likeness (QED) is 0.831. The van der Waals surface area contributed by atoms with Gasteiger partial charge < -0.3 is 10.0 Å². The van der Waals surface area contributed by atoms with Gasteiger partial charge in [-0.25, -0.2) is 0 Å². The highest BCUT2D eigenvalue weighted by atomic mass is 16.3. The normalized spacial score (nSPS) is 35.8. The molecule has 3 heteroatoms. The summed E-state index contributed by atoms with van der Waals surface area (Å²) in [6.45, 7) is 3.42. The predicted molar refractivity (Wildman–Crippen MR) is 75.7 cm³/mol. The van der Waals surface area contributed by atoms with Crippen molar-refractivity contribution in [2.24, 2.45) is 5.92 Å². The maximum absolute atomic E-state index is 10.2. The van der Waals surface area contributed by atoms with E-state index in [1.54, 1.807) is 0 Å². The molecule has 2 aliphatic rings. The van der Waals surface area contributed by atoms with Gasteiger partial charge in [0.15, 0.2) is 0 Å². The average molecular weight is 254 g/mol. The molecule has 0 amide bonds. The second-order valence-electron chi connectivity index (χ2n) is 6.94. The van der Waals surface area contributed by atoms with Crippen LogP contribution in [0.2, 0.25) is 0 Å². The Kier molecular flexibility index (Phi) is 4.35. The highest BCUT2D eigenvalue weighted by Crippen LogP contribution is 2.38. The second-order valence-corrected chi connectivity index (χ2v) is 6.94. The summed E-state index contributed by atoms with van der Waals surface area (Å²) >= 11 is 0. The van der Waals surface area contributed by atoms with E-state index in [-0.39, 0.29) is 6.10 Å². The molecule has 3 unspecified atom stereocenters. The highest BCUT2D eigenvalue weighted by molar-refractivity contribution is 4.99. The molecule has 18 heavy (non-hydrogen) atoms. The Morgan fingerprint density at radius 3 is 2.33 bits per heavy atom. The van der Waals surface area contributed by atoms with Crippen LogP contribution in [0.1, 0.15) is 45.4 Å². The van der Waals surface area contributed by atoms with Gasteiger partial charge >= 0.3 is 0 Å². The first-order valence-corrected chi connectivity index (χ1v) is 7.50. The van der Waals surface area contributed by atoms with Crippen molar-refractivity contribution in [1.29, 1.82) is 0 Å². The summed E-state index contributed by atoms with van der Waals surface area (Å²) < 4.78 is 0. The summed E-state index contributed by atoms with van der Waals surface area (Å²) in [5.41, 5.74) is 0.370. The Balaban J connectivity index is 1.96. The maximum atomic E-state index is 10.2. The van der Waals surface area contributed by atoms with E-state index in [4.69, 9.17) is 0 Å². The summed E-state index contributed by atoms with van der Waals surface area (Å²) in [7, 11) is 6.61. The van der Waals surface area contributed by atoms with Crippen molar-refractivity contribution in [1.82, 2.24) is 9.80 Å². The number of hydrogen-bond acceptors (Lipinski definition) is 3. The van der Waals surface area contributed by atoms with Crippen LogP contribution >= 0.6 is 0 Å². The zero-order valence-electron chi connectivity index (χ0n) is 12.5. The Labute approximate surface area is 112 Å². The predicted octanol–water partition coefficient (Wildman–Crippen LogP) is 1.95. The topological polar surface area (TPSA) is 26.7 Å². The van der Waals surface area contributed by atoms with Gasteiger partial charge in [-0.2, -0.15) is 0 Å². The molecule has 2 saturated carbocycles. The average Bonchev–Trinajstić information content (AvgIpc) is 2.26. The fraction of sp³-hybridized carbons (Fsp3) is 1.00. The summed E-state index contributed by atoms with van der Waals surface area (Å²) in [6, 6.07) is 0.367. The van der Waals surface area contributed by atoms with Crippen LogP contribution in [-0.4, -0.2) is 60.3 Å². The summed E-state index contributed by atoms with van der Waals surface area (Å²) in [5.74, 6) is 0.762. The van der Waals surface area contributed by atoms with Crippen LogP contribution in [0.5, 0.6) is 0 Å². The monoisotopic (exact) mass is 254 g/mol. The minimum Gasteiger partial charge on any atom is -0.391 e. The molecule has 0 aromatic carbocycles. The lowest BCUT2D eigenvalue weighted by molar-refractivity contribution is -0.0304. The van der Waals surface area contributed by atoms with Gasteiger partial charge in [0.1, 0.15) is 0 Å². The second kappa shape index (κ2) is 5.48. The molecule has 0 bridgehead atoms. The first kappa shape index (κ1) is 14.3. The number of hydrogen-bond donors (Lipinski definition) is 1. The largest absolute Gasteiger partial charge is 0.391 e. The standard InChI is InChI=1S/C15H30N2O/c1-12-6-7-14(18)13(10-12)17(4)11-15(16(2)3)8-5-9-15/h12-14,18H,5-11H2,1-4H3. The lowest BCUT2D eigenvalue weighted by atomic mass is 9.74. The Morgan fingerprint density at radius 2 is 1.83 bits per heavy atom. The number of aliphatic hydroxyl groups is 1. The number of aliphatic hydroxyl groups excluding tert-OH is 1. The van der Waals surface area contributed by atoms with Crippen LogP contribution in [-0.2, 0) is 0 Å². The summed E-state index contributed by atoms with van der Waals surface area (Å²) in [5, 5.41) is 10.2. The van der Waals surface area contributed by atoms with E-state index in [0.29, 0.717) is 11.6 Å². The third kappa shape index (κ3) is 2.73. The van der Waals surface area contributed by atoms with E-state index >= 15 is 0 Å². The third-order valence-electron chi connectivity index (χ3n) is 5.39. The van der Waals surface area contributed by atoms with Gasteiger partial charge in [-0.3, -0.25) is 4.90 Å². The number of rotatable bonds is 4. The number of likely N-dealkylation sites (N-methyl/N-ethyl adjacent to an activating group) is 2. The van der Waals surface area contributed by atoms with Gasteiger partial charge in [-0.15, -0.1) is 0 Å². The van der Waals surface area contributed by atoms with Crippen LogP contribution in [0.25, 0.3) is 0 Å². The van der Waals surface area contributed by atoms with E-state index in [9.17, 15) is 5.11 Å². The SMILES string of the molecule is CC1CCC(O)C(N(C)CC2(N(C)C)CCC2)C1. The Hall–Kier alpha value is -0.120. The van der Waals surface area contributed by atoms with E-state index < -0.39 is 0 Å². The molecule has 2 rings (SSSR count). The van der Waals surface area contributed by atoms with Crippen molar-refractivity contribution in [3.63, 3.8) is 0 Å². The highest BCUT2D eigenvalue weighted by Gasteiger charge is 2.42. The zero-order valence-corrected chi connectivity index (χ0v) is 12.5. The van der Waals surface area contributed by atoms with E-state index in [1.165, 1.54) is 25.7 Å². The summed E-state index contributed by atoms with van der Waals surface area (Å²) in [4.78, 5) is 4.82. The van der Waals surface area contributed by atoms with Gasteiger partial charge in [0.25, 0.3) is 0 Å². The molecule has 0 radical (unpaired) electrons. The Morgan fingerprint density at radius 1 is 1.17 bits per heavy atom. The number of nitrogens with zero attached hydrogens (tertiary/aromatic N) is 2. The molecule has 3 nitrogen and oxygen atoms in total. The van der Waals surface area contributed by atoms with Crippen molar-refractivity contribution < 1.29 is 5.11 Å². The van der Waals surface area contributed by atoms with Crippen LogP contribution in [0.15, 0.2) is 0 Å². The van der Waals surface area contributed by atoms with E-state index in [1.807, 2.05) is 0 Å². The van der Waals surface area contributed by atoms with Gasteiger partial charge in [-0.1, -0.05) is 6.92 Å². The minimum atomic E-state index is -0.120. The smallest absolute Gasteiger partial charge is 0.0695 e. The van der Waals surface area contributed by atoms with Crippen molar-refractivity contribution in [2.45, 2.75) is 63.1 Å². The molecule has 2 fully saturated rings. The lowest BCUT2D eigenvalue weighted by Crippen LogP contribution is -2.59. The van der Waals surface area contributed by atoms with Crippen molar-refractivity contribution in [2.75, 3.05) is 27.7 Å². The molecule has 2 aliphatic carbocycles. The first-order chi connectivity index (χ1) is 8.44. The molecule has 0 heterocycles. The molecule has 0 aromatic heterocycles. The van der Waals surface area contributed by atoms with Crippen molar-refractivity contribution in [3.05, 3.63) is 0 Å². The molecule has 1 N–H and O–H groups in total. The fourth-order valence-electron chi connectivity index (χ4n) is 3.72. The first-order valence-electron chi connectivity index (χ1n) is 7.50.